The van der Waals surface area contributed by atoms with E-state index in [9.17, 15) is 0 Å². The van der Waals surface area contributed by atoms with Crippen LogP contribution in [0.1, 0.15) is 0 Å². The van der Waals surface area contributed by atoms with Crippen LogP contribution in [0.4, 0.5) is 0 Å². The average molecular weight is 474 g/mol. The van der Waals surface area contributed by atoms with Gasteiger partial charge in [0.25, 0.3) is 0 Å². The number of nitrogens with zero attached hydrogens (tertiary/aromatic N) is 1. The molecule has 0 saturated heterocycles. The van der Waals surface area contributed by atoms with Gasteiger partial charge in [-0.3, -0.25) is 0 Å². The molecule has 2 aromatic heterocycles. The van der Waals surface area contributed by atoms with E-state index in [1.807, 2.05) is 48.7 Å². The summed E-state index contributed by atoms with van der Waals surface area (Å²) in [4.78, 5) is 11.9. The summed E-state index contributed by atoms with van der Waals surface area (Å²) in [5, 5.41) is 1.10. The summed E-state index contributed by atoms with van der Waals surface area (Å²) in [7, 11) is 3.27. The monoisotopic (exact) mass is 473 g/mol. The number of methoxy groups -OCH3 is 2. The van der Waals surface area contributed by atoms with E-state index in [1.54, 1.807) is 14.2 Å². The first kappa shape index (κ1) is 19.5. The number of aromatic amines is 2. The van der Waals surface area contributed by atoms with E-state index in [-0.39, 0.29) is 0 Å². The van der Waals surface area contributed by atoms with Crippen molar-refractivity contribution >= 4 is 26.8 Å². The Bertz CT molecular complexity index is 1370. The van der Waals surface area contributed by atoms with Crippen LogP contribution in [0.25, 0.3) is 44.8 Å². The lowest BCUT2D eigenvalue weighted by molar-refractivity contribution is 0.355. The Kier molecular flexibility index (Phi) is 5.00. The Balaban J connectivity index is 1.72. The fourth-order valence-corrected chi connectivity index (χ4v) is 4.16. The van der Waals surface area contributed by atoms with Crippen molar-refractivity contribution in [2.75, 3.05) is 14.2 Å². The minimum Gasteiger partial charge on any atom is -0.493 e. The predicted molar refractivity (Wildman–Crippen MR) is 128 cm³/mol. The van der Waals surface area contributed by atoms with E-state index in [4.69, 9.17) is 14.5 Å². The largest absolute Gasteiger partial charge is 0.493 e. The summed E-state index contributed by atoms with van der Waals surface area (Å²) in [5.74, 6) is 2.15. The molecule has 5 nitrogen and oxygen atoms in total. The number of ether oxygens (including phenoxy) is 2. The van der Waals surface area contributed by atoms with Crippen molar-refractivity contribution in [2.24, 2.45) is 0 Å². The Morgan fingerprint density at radius 2 is 1.65 bits per heavy atom. The second-order valence-electron chi connectivity index (χ2n) is 7.14. The fourth-order valence-electron chi connectivity index (χ4n) is 3.80. The van der Waals surface area contributed by atoms with Crippen molar-refractivity contribution in [1.82, 2.24) is 15.0 Å². The summed E-state index contributed by atoms with van der Waals surface area (Å²) in [6.07, 6.45) is 1.99. The first-order chi connectivity index (χ1) is 15.2. The molecule has 2 heterocycles. The first-order valence-electron chi connectivity index (χ1n) is 9.83. The first-order valence-corrected chi connectivity index (χ1v) is 10.6. The third kappa shape index (κ3) is 3.49. The highest BCUT2D eigenvalue weighted by Gasteiger charge is 2.19. The van der Waals surface area contributed by atoms with Crippen LogP contribution in [-0.4, -0.2) is 29.2 Å². The fraction of sp³-hybridized carbons (Fsp3) is 0.0800. The summed E-state index contributed by atoms with van der Waals surface area (Å²) in [6.45, 7) is 0. The van der Waals surface area contributed by atoms with E-state index in [0.29, 0.717) is 11.5 Å². The lowest BCUT2D eigenvalue weighted by atomic mass is 10.0. The average Bonchev–Trinajstić information content (AvgIpc) is 3.43. The van der Waals surface area contributed by atoms with Crippen molar-refractivity contribution in [2.45, 2.75) is 0 Å². The molecular formula is C25H20BrN3O2. The number of imidazole rings is 1. The van der Waals surface area contributed by atoms with Crippen LogP contribution in [0.5, 0.6) is 11.5 Å². The molecule has 31 heavy (non-hydrogen) atoms. The maximum Gasteiger partial charge on any atom is 0.161 e. The molecule has 0 atom stereocenters. The minimum absolute atomic E-state index is 0.666. The molecule has 3 aromatic carbocycles. The Hall–Kier alpha value is -3.51. The number of halogens is 1. The number of benzene rings is 3. The molecule has 5 rings (SSSR count). The van der Waals surface area contributed by atoms with Crippen molar-refractivity contribution < 1.29 is 9.47 Å². The van der Waals surface area contributed by atoms with Crippen LogP contribution in [0.3, 0.4) is 0 Å². The lowest BCUT2D eigenvalue weighted by Crippen LogP contribution is -1.91. The lowest BCUT2D eigenvalue weighted by Gasteiger charge is -2.09. The number of fused-ring (bicyclic) bond motifs is 1. The molecule has 0 bridgehead atoms. The highest BCUT2D eigenvalue weighted by atomic mass is 79.9. The minimum atomic E-state index is 0.666. The Morgan fingerprint density at radius 3 is 2.42 bits per heavy atom. The molecule has 0 radical (unpaired) electrons. The van der Waals surface area contributed by atoms with Crippen LogP contribution in [0, 0.1) is 0 Å². The summed E-state index contributed by atoms with van der Waals surface area (Å²) in [6, 6.07) is 22.2. The van der Waals surface area contributed by atoms with Crippen LogP contribution < -0.4 is 9.47 Å². The van der Waals surface area contributed by atoms with Crippen LogP contribution in [-0.2, 0) is 0 Å². The highest BCUT2D eigenvalue weighted by Crippen LogP contribution is 2.38. The zero-order valence-electron chi connectivity index (χ0n) is 17.1. The molecule has 0 amide bonds. The number of hydrogen-bond donors (Lipinski definition) is 2. The third-order valence-corrected chi connectivity index (χ3v) is 5.82. The predicted octanol–water partition coefficient (Wildman–Crippen LogP) is 6.67. The highest BCUT2D eigenvalue weighted by molar-refractivity contribution is 9.10. The number of aromatic nitrogens is 3. The maximum atomic E-state index is 5.52. The number of rotatable bonds is 5. The van der Waals surface area contributed by atoms with Gasteiger partial charge in [0.2, 0.25) is 0 Å². The SMILES string of the molecule is COc1ccc(-c2nc(-c3c[nH]c4ccc(Br)cc34)[nH]c2-c2ccccc2)cc1OC. The van der Waals surface area contributed by atoms with Gasteiger partial charge in [-0.1, -0.05) is 46.3 Å². The van der Waals surface area contributed by atoms with Gasteiger partial charge >= 0.3 is 0 Å². The zero-order valence-corrected chi connectivity index (χ0v) is 18.7. The van der Waals surface area contributed by atoms with E-state index in [2.05, 4.69) is 50.2 Å². The summed E-state index contributed by atoms with van der Waals surface area (Å²) >= 11 is 3.58. The number of H-pyrrole nitrogens is 2. The van der Waals surface area contributed by atoms with E-state index >= 15 is 0 Å². The second-order valence-corrected chi connectivity index (χ2v) is 8.05. The molecule has 0 fully saturated rings. The molecule has 2 N–H and O–H groups in total. The van der Waals surface area contributed by atoms with Crippen LogP contribution in [0.15, 0.2) is 77.4 Å². The van der Waals surface area contributed by atoms with Gasteiger partial charge in [0.15, 0.2) is 11.5 Å². The smallest absolute Gasteiger partial charge is 0.161 e. The van der Waals surface area contributed by atoms with Gasteiger partial charge in [-0.05, 0) is 36.4 Å². The molecule has 0 aliphatic rings. The number of hydrogen-bond acceptors (Lipinski definition) is 3. The van der Waals surface area contributed by atoms with Gasteiger partial charge in [0, 0.05) is 38.3 Å². The standard InChI is InChI=1S/C25H20BrN3O2/c1-30-21-11-8-16(12-22(21)31-2)24-23(15-6-4-3-5-7-15)28-25(29-24)19-14-27-20-10-9-17(26)13-18(19)20/h3-14,27H,1-2H3,(H,28,29). The second kappa shape index (κ2) is 7.96. The zero-order chi connectivity index (χ0) is 21.4. The van der Waals surface area contributed by atoms with Crippen molar-refractivity contribution in [1.29, 1.82) is 0 Å². The Labute approximate surface area is 188 Å². The molecule has 6 heteroatoms. The molecule has 154 valence electrons. The summed E-state index contributed by atoms with van der Waals surface area (Å²) in [5.41, 5.74) is 5.88. The molecular weight excluding hydrogens is 454 g/mol. The topological polar surface area (TPSA) is 62.9 Å². The Morgan fingerprint density at radius 1 is 0.839 bits per heavy atom. The van der Waals surface area contributed by atoms with Gasteiger partial charge in [-0.25, -0.2) is 4.98 Å². The van der Waals surface area contributed by atoms with E-state index in [0.717, 1.165) is 49.3 Å². The molecule has 0 aliphatic carbocycles. The van der Waals surface area contributed by atoms with Gasteiger partial charge in [0.05, 0.1) is 25.6 Å². The van der Waals surface area contributed by atoms with Crippen LogP contribution >= 0.6 is 15.9 Å². The third-order valence-electron chi connectivity index (χ3n) is 5.32. The molecule has 0 unspecified atom stereocenters. The normalized spacial score (nSPS) is 11.1. The maximum absolute atomic E-state index is 5.52. The van der Waals surface area contributed by atoms with Crippen molar-refractivity contribution in [3.8, 4) is 45.4 Å². The number of nitrogens with one attached hydrogen (secondary N) is 2. The van der Waals surface area contributed by atoms with Crippen molar-refractivity contribution in [3.05, 3.63) is 77.4 Å². The van der Waals surface area contributed by atoms with Gasteiger partial charge in [-0.15, -0.1) is 0 Å². The molecule has 0 spiro atoms. The van der Waals surface area contributed by atoms with E-state index < -0.39 is 0 Å². The van der Waals surface area contributed by atoms with Crippen LogP contribution in [0.2, 0.25) is 0 Å². The molecule has 5 aromatic rings. The summed E-state index contributed by atoms with van der Waals surface area (Å²) < 4.78 is 11.9. The van der Waals surface area contributed by atoms with Gasteiger partial charge < -0.3 is 19.4 Å². The van der Waals surface area contributed by atoms with Gasteiger partial charge in [-0.2, -0.15) is 0 Å². The van der Waals surface area contributed by atoms with Gasteiger partial charge in [0.1, 0.15) is 5.82 Å². The molecule has 0 saturated carbocycles. The molecule has 0 aliphatic heterocycles. The van der Waals surface area contributed by atoms with Crippen molar-refractivity contribution in [3.63, 3.8) is 0 Å². The van der Waals surface area contributed by atoms with E-state index in [1.165, 1.54) is 0 Å². The quantitative estimate of drug-likeness (QED) is 0.299.